The largest absolute Gasteiger partial charge is 0.374 e. The lowest BCUT2D eigenvalue weighted by Gasteiger charge is -2.13. The fourth-order valence-corrected chi connectivity index (χ4v) is 1.31. The van der Waals surface area contributed by atoms with Gasteiger partial charge in [-0.25, -0.2) is 0 Å². The summed E-state index contributed by atoms with van der Waals surface area (Å²) in [5, 5.41) is 0. The average molecular weight is 238 g/mol. The monoisotopic (exact) mass is 238 g/mol. The molecule has 2 heteroatoms. The first-order valence-electron chi connectivity index (χ1n) is 6.31. The predicted molar refractivity (Wildman–Crippen MR) is 74.1 cm³/mol. The topological polar surface area (TPSA) is 26.3 Å². The van der Waals surface area contributed by atoms with Gasteiger partial charge < -0.3 is 9.53 Å². The number of rotatable bonds is 5. The third-order valence-corrected chi connectivity index (χ3v) is 2.24. The Hall–Kier alpha value is -1.15. The zero-order chi connectivity index (χ0) is 13.5. The van der Waals surface area contributed by atoms with Crippen LogP contribution in [-0.4, -0.2) is 12.9 Å². The van der Waals surface area contributed by atoms with Crippen LogP contribution < -0.4 is 0 Å². The molecule has 0 aromatic heterocycles. The molecular formula is C15H26O2. The van der Waals surface area contributed by atoms with E-state index in [0.29, 0.717) is 6.10 Å². The molecule has 98 valence electrons. The van der Waals surface area contributed by atoms with E-state index in [2.05, 4.69) is 26.0 Å². The second-order valence-corrected chi connectivity index (χ2v) is 3.24. The number of carbonyl (C=O) groups excluding carboxylic acids is 1. The van der Waals surface area contributed by atoms with Gasteiger partial charge in [0.1, 0.15) is 6.79 Å². The molecule has 0 saturated heterocycles. The molecule has 0 bridgehead atoms. The Balaban J connectivity index is 0. The molecule has 0 aliphatic carbocycles. The van der Waals surface area contributed by atoms with E-state index in [1.165, 1.54) is 5.56 Å². The Morgan fingerprint density at radius 3 is 1.94 bits per heavy atom. The molecule has 0 unspecified atom stereocenters. The van der Waals surface area contributed by atoms with Gasteiger partial charge in [0, 0.05) is 0 Å². The molecule has 0 aliphatic heterocycles. The van der Waals surface area contributed by atoms with Crippen molar-refractivity contribution in [2.45, 2.75) is 53.2 Å². The molecule has 1 aromatic carbocycles. The van der Waals surface area contributed by atoms with Crippen LogP contribution >= 0.6 is 0 Å². The highest BCUT2D eigenvalue weighted by Gasteiger charge is 2.02. The van der Waals surface area contributed by atoms with E-state index in [0.717, 1.165) is 19.4 Å². The number of hydrogen-bond donors (Lipinski definition) is 0. The molecule has 0 atom stereocenters. The van der Waals surface area contributed by atoms with Crippen molar-refractivity contribution in [2.24, 2.45) is 0 Å². The second-order valence-electron chi connectivity index (χ2n) is 3.24. The normalized spacial score (nSPS) is 8.76. The molecule has 0 heterocycles. The summed E-state index contributed by atoms with van der Waals surface area (Å²) in [4.78, 5) is 8.00. The van der Waals surface area contributed by atoms with Gasteiger partial charge in [-0.05, 0) is 18.4 Å². The van der Waals surface area contributed by atoms with E-state index < -0.39 is 0 Å². The lowest BCUT2D eigenvalue weighted by Crippen LogP contribution is -2.09. The smallest absolute Gasteiger partial charge is 0.106 e. The van der Waals surface area contributed by atoms with Gasteiger partial charge in [0.05, 0.1) is 12.7 Å². The molecule has 0 aliphatic rings. The number of carbonyl (C=O) groups is 1. The van der Waals surface area contributed by atoms with Crippen LogP contribution in [-0.2, 0) is 16.1 Å². The summed E-state index contributed by atoms with van der Waals surface area (Å²) in [6.45, 7) is 11.1. The Labute approximate surface area is 106 Å². The molecule has 17 heavy (non-hydrogen) atoms. The lowest BCUT2D eigenvalue weighted by atomic mass is 10.2. The van der Waals surface area contributed by atoms with Crippen molar-refractivity contribution < 1.29 is 9.53 Å². The van der Waals surface area contributed by atoms with E-state index in [1.807, 2.05) is 38.8 Å². The van der Waals surface area contributed by atoms with Crippen molar-refractivity contribution in [3.05, 3.63) is 35.9 Å². The zero-order valence-electron chi connectivity index (χ0n) is 11.6. The van der Waals surface area contributed by atoms with E-state index in [1.54, 1.807) is 0 Å². The minimum Gasteiger partial charge on any atom is -0.374 e. The quantitative estimate of drug-likeness (QED) is 0.767. The molecule has 1 rings (SSSR count). The highest BCUT2D eigenvalue weighted by Crippen LogP contribution is 2.07. The maximum Gasteiger partial charge on any atom is 0.106 e. The Kier molecular flexibility index (Phi) is 15.9. The summed E-state index contributed by atoms with van der Waals surface area (Å²) in [6.07, 6.45) is 2.62. The van der Waals surface area contributed by atoms with Crippen LogP contribution in [0, 0.1) is 0 Å². The van der Waals surface area contributed by atoms with Crippen molar-refractivity contribution in [3.63, 3.8) is 0 Å². The van der Waals surface area contributed by atoms with Crippen LogP contribution in [0.3, 0.4) is 0 Å². The van der Waals surface area contributed by atoms with Gasteiger partial charge in [-0.2, -0.15) is 0 Å². The first kappa shape index (κ1) is 18.2. The Morgan fingerprint density at radius 1 is 1.06 bits per heavy atom. The average Bonchev–Trinajstić information content (AvgIpc) is 2.45. The lowest BCUT2D eigenvalue weighted by molar-refractivity contribution is -0.0979. The SMILES string of the molecule is C=O.CC.CCC(CC)OCc1ccccc1. The number of benzene rings is 1. The van der Waals surface area contributed by atoms with E-state index in [9.17, 15) is 0 Å². The highest BCUT2D eigenvalue weighted by atomic mass is 16.5. The maximum absolute atomic E-state index is 8.00. The van der Waals surface area contributed by atoms with Crippen LogP contribution in [0.25, 0.3) is 0 Å². The van der Waals surface area contributed by atoms with Crippen molar-refractivity contribution in [3.8, 4) is 0 Å². The van der Waals surface area contributed by atoms with Crippen LogP contribution in [0.5, 0.6) is 0 Å². The molecule has 0 amide bonds. The predicted octanol–water partition coefficient (Wildman–Crippen LogP) is 4.23. The van der Waals surface area contributed by atoms with Crippen molar-refractivity contribution >= 4 is 6.79 Å². The summed E-state index contributed by atoms with van der Waals surface area (Å²) in [6, 6.07) is 10.3. The van der Waals surface area contributed by atoms with E-state index >= 15 is 0 Å². The van der Waals surface area contributed by atoms with Crippen LogP contribution in [0.1, 0.15) is 46.1 Å². The van der Waals surface area contributed by atoms with Gasteiger partial charge in [-0.3, -0.25) is 0 Å². The summed E-state index contributed by atoms with van der Waals surface area (Å²) in [5.41, 5.74) is 1.26. The fraction of sp³-hybridized carbons (Fsp3) is 0.533. The Bertz CT molecular complexity index is 230. The minimum absolute atomic E-state index is 0.417. The molecule has 2 nitrogen and oxygen atoms in total. The third kappa shape index (κ3) is 9.76. The molecule has 1 aromatic rings. The molecule has 0 saturated carbocycles. The summed E-state index contributed by atoms with van der Waals surface area (Å²) in [5.74, 6) is 0. The number of hydrogen-bond acceptors (Lipinski definition) is 2. The third-order valence-electron chi connectivity index (χ3n) is 2.24. The number of ether oxygens (including phenoxy) is 1. The summed E-state index contributed by atoms with van der Waals surface area (Å²) >= 11 is 0. The molecular weight excluding hydrogens is 212 g/mol. The first-order valence-corrected chi connectivity index (χ1v) is 6.31. The fourth-order valence-electron chi connectivity index (χ4n) is 1.31. The standard InChI is InChI=1S/C12H18O.C2H6.CH2O/c1-3-12(4-2)13-10-11-8-6-5-7-9-11;2*1-2/h5-9,12H,3-4,10H2,1-2H3;1-2H3;1H2. The molecule has 0 N–H and O–H groups in total. The van der Waals surface area contributed by atoms with Crippen LogP contribution in [0.15, 0.2) is 30.3 Å². The maximum atomic E-state index is 8.00. The van der Waals surface area contributed by atoms with Gasteiger partial charge in [0.15, 0.2) is 0 Å². The van der Waals surface area contributed by atoms with Gasteiger partial charge in [0.25, 0.3) is 0 Å². The van der Waals surface area contributed by atoms with E-state index in [4.69, 9.17) is 9.53 Å². The Morgan fingerprint density at radius 2 is 1.53 bits per heavy atom. The zero-order valence-corrected chi connectivity index (χ0v) is 11.6. The second kappa shape index (κ2) is 14.8. The minimum atomic E-state index is 0.417. The summed E-state index contributed by atoms with van der Waals surface area (Å²) in [7, 11) is 0. The highest BCUT2D eigenvalue weighted by molar-refractivity contribution is 5.13. The van der Waals surface area contributed by atoms with Gasteiger partial charge in [0.2, 0.25) is 0 Å². The van der Waals surface area contributed by atoms with E-state index in [-0.39, 0.29) is 0 Å². The molecule has 0 radical (unpaired) electrons. The van der Waals surface area contributed by atoms with Crippen LogP contribution in [0.2, 0.25) is 0 Å². The van der Waals surface area contributed by atoms with Gasteiger partial charge in [-0.15, -0.1) is 0 Å². The van der Waals surface area contributed by atoms with Gasteiger partial charge >= 0.3 is 0 Å². The van der Waals surface area contributed by atoms with Crippen LogP contribution in [0.4, 0.5) is 0 Å². The van der Waals surface area contributed by atoms with Crippen molar-refractivity contribution in [1.82, 2.24) is 0 Å². The molecule has 0 spiro atoms. The van der Waals surface area contributed by atoms with Crippen molar-refractivity contribution in [1.29, 1.82) is 0 Å². The summed E-state index contributed by atoms with van der Waals surface area (Å²) < 4.78 is 5.73. The molecule has 0 fully saturated rings. The van der Waals surface area contributed by atoms with Crippen molar-refractivity contribution in [2.75, 3.05) is 0 Å². The van der Waals surface area contributed by atoms with Gasteiger partial charge in [-0.1, -0.05) is 58.0 Å². The first-order chi connectivity index (χ1) is 8.36.